The van der Waals surface area contributed by atoms with Crippen molar-refractivity contribution in [2.45, 2.75) is 33.2 Å². The number of aryl methyl sites for hydroxylation is 1. The molecule has 2 atom stereocenters. The molecule has 1 aromatic heterocycles. The van der Waals surface area contributed by atoms with Crippen LogP contribution in [0.2, 0.25) is 0 Å². The molecule has 1 aromatic carbocycles. The van der Waals surface area contributed by atoms with Gasteiger partial charge in [0.15, 0.2) is 0 Å². The zero-order valence-electron chi connectivity index (χ0n) is 12.5. The molecule has 5 nitrogen and oxygen atoms in total. The van der Waals surface area contributed by atoms with Crippen LogP contribution in [0.25, 0.3) is 10.6 Å². The number of hydrogen-bond donors (Lipinski definition) is 2. The Morgan fingerprint density at radius 2 is 2.00 bits per heavy atom. The maximum Gasteiger partial charge on any atom is 0.243 e. The van der Waals surface area contributed by atoms with Crippen LogP contribution in [-0.4, -0.2) is 22.1 Å². The van der Waals surface area contributed by atoms with Crippen LogP contribution in [0.4, 0.5) is 5.13 Å². The van der Waals surface area contributed by atoms with Crippen molar-refractivity contribution >= 4 is 22.4 Å². The minimum absolute atomic E-state index is 0.134. The number of carbonyl (C=O) groups is 1. The molecule has 112 valence electrons. The van der Waals surface area contributed by atoms with Crippen molar-refractivity contribution in [3.8, 4) is 10.6 Å². The SMILES string of the molecule is CCC(C)C(N)C(=O)Nc1nnc(-c2ccc(C)cc2)s1. The van der Waals surface area contributed by atoms with E-state index in [9.17, 15) is 4.79 Å². The fourth-order valence-electron chi connectivity index (χ4n) is 1.79. The number of carbonyl (C=O) groups excluding carboxylic acids is 1. The first-order valence-electron chi connectivity index (χ1n) is 6.98. The Balaban J connectivity index is 2.06. The molecule has 1 heterocycles. The van der Waals surface area contributed by atoms with E-state index < -0.39 is 6.04 Å². The third-order valence-corrected chi connectivity index (χ3v) is 4.40. The zero-order valence-corrected chi connectivity index (χ0v) is 13.3. The van der Waals surface area contributed by atoms with Crippen LogP contribution in [0.5, 0.6) is 0 Å². The van der Waals surface area contributed by atoms with Gasteiger partial charge in [0.2, 0.25) is 11.0 Å². The minimum Gasteiger partial charge on any atom is -0.320 e. The maximum absolute atomic E-state index is 12.0. The van der Waals surface area contributed by atoms with E-state index in [1.54, 1.807) is 0 Å². The molecule has 0 saturated carbocycles. The summed E-state index contributed by atoms with van der Waals surface area (Å²) in [6.45, 7) is 6.01. The summed E-state index contributed by atoms with van der Waals surface area (Å²) in [5.41, 5.74) is 8.08. The molecule has 21 heavy (non-hydrogen) atoms. The molecular weight excluding hydrogens is 284 g/mol. The molecule has 0 aliphatic rings. The van der Waals surface area contributed by atoms with Gasteiger partial charge in [-0.1, -0.05) is 61.4 Å². The molecule has 0 bridgehead atoms. The number of amides is 1. The predicted octanol–water partition coefficient (Wildman–Crippen LogP) is 2.83. The summed E-state index contributed by atoms with van der Waals surface area (Å²) in [5.74, 6) is -0.0783. The smallest absolute Gasteiger partial charge is 0.243 e. The van der Waals surface area contributed by atoms with E-state index >= 15 is 0 Å². The van der Waals surface area contributed by atoms with Gasteiger partial charge in [0.1, 0.15) is 5.01 Å². The minimum atomic E-state index is -0.526. The highest BCUT2D eigenvalue weighted by molar-refractivity contribution is 7.18. The Labute approximate surface area is 128 Å². The number of aromatic nitrogens is 2. The van der Waals surface area contributed by atoms with Crippen molar-refractivity contribution in [1.29, 1.82) is 0 Å². The maximum atomic E-state index is 12.0. The van der Waals surface area contributed by atoms with Crippen molar-refractivity contribution in [3.63, 3.8) is 0 Å². The second-order valence-electron chi connectivity index (χ2n) is 5.18. The Hall–Kier alpha value is -1.79. The molecule has 2 rings (SSSR count). The van der Waals surface area contributed by atoms with Crippen molar-refractivity contribution < 1.29 is 4.79 Å². The average Bonchev–Trinajstić information content (AvgIpc) is 2.94. The number of anilines is 1. The van der Waals surface area contributed by atoms with Crippen molar-refractivity contribution in [1.82, 2.24) is 10.2 Å². The topological polar surface area (TPSA) is 80.9 Å². The van der Waals surface area contributed by atoms with Crippen LogP contribution < -0.4 is 11.1 Å². The highest BCUT2D eigenvalue weighted by atomic mass is 32.1. The third-order valence-electron chi connectivity index (χ3n) is 3.51. The summed E-state index contributed by atoms with van der Waals surface area (Å²) < 4.78 is 0. The first-order valence-corrected chi connectivity index (χ1v) is 7.80. The zero-order chi connectivity index (χ0) is 15.4. The van der Waals surface area contributed by atoms with Gasteiger partial charge in [-0.05, 0) is 12.8 Å². The van der Waals surface area contributed by atoms with Crippen LogP contribution in [0, 0.1) is 12.8 Å². The van der Waals surface area contributed by atoms with Gasteiger partial charge >= 0.3 is 0 Å². The molecule has 6 heteroatoms. The van der Waals surface area contributed by atoms with E-state index in [2.05, 4.69) is 15.5 Å². The van der Waals surface area contributed by atoms with Crippen LogP contribution >= 0.6 is 11.3 Å². The van der Waals surface area contributed by atoms with Gasteiger partial charge in [0, 0.05) is 5.56 Å². The molecule has 0 radical (unpaired) electrons. The molecule has 0 aliphatic heterocycles. The second kappa shape index (κ2) is 6.78. The monoisotopic (exact) mass is 304 g/mol. The average molecular weight is 304 g/mol. The normalized spacial score (nSPS) is 13.7. The predicted molar refractivity (Wildman–Crippen MR) is 86.1 cm³/mol. The van der Waals surface area contributed by atoms with E-state index in [-0.39, 0.29) is 11.8 Å². The van der Waals surface area contributed by atoms with Crippen molar-refractivity contribution in [2.24, 2.45) is 11.7 Å². The van der Waals surface area contributed by atoms with Gasteiger partial charge in [0.05, 0.1) is 6.04 Å². The Bertz CT molecular complexity index is 608. The van der Waals surface area contributed by atoms with Crippen molar-refractivity contribution in [2.75, 3.05) is 5.32 Å². The van der Waals surface area contributed by atoms with Gasteiger partial charge in [-0.15, -0.1) is 10.2 Å². The summed E-state index contributed by atoms with van der Waals surface area (Å²) in [6, 6.07) is 7.50. The van der Waals surface area contributed by atoms with Gasteiger partial charge in [-0.3, -0.25) is 10.1 Å². The van der Waals surface area contributed by atoms with E-state index in [4.69, 9.17) is 5.73 Å². The van der Waals surface area contributed by atoms with Crippen molar-refractivity contribution in [3.05, 3.63) is 29.8 Å². The molecule has 1 amide bonds. The van der Waals surface area contributed by atoms with Gasteiger partial charge in [-0.25, -0.2) is 0 Å². The van der Waals surface area contributed by atoms with Gasteiger partial charge in [-0.2, -0.15) is 0 Å². The number of nitrogens with one attached hydrogen (secondary N) is 1. The lowest BCUT2D eigenvalue weighted by atomic mass is 10.00. The molecule has 3 N–H and O–H groups in total. The lowest BCUT2D eigenvalue weighted by Crippen LogP contribution is -2.40. The number of nitrogens with zero attached hydrogens (tertiary/aromatic N) is 2. The molecule has 2 unspecified atom stereocenters. The van der Waals surface area contributed by atoms with Crippen LogP contribution in [-0.2, 0) is 4.79 Å². The number of rotatable bonds is 5. The third kappa shape index (κ3) is 3.86. The van der Waals surface area contributed by atoms with Crippen LogP contribution in [0.15, 0.2) is 24.3 Å². The largest absolute Gasteiger partial charge is 0.320 e. The summed E-state index contributed by atoms with van der Waals surface area (Å²) in [5, 5.41) is 12.1. The molecule has 0 aliphatic carbocycles. The molecule has 0 spiro atoms. The van der Waals surface area contributed by atoms with Crippen LogP contribution in [0.1, 0.15) is 25.8 Å². The molecular formula is C15H20N4OS. The van der Waals surface area contributed by atoms with Gasteiger partial charge in [0.25, 0.3) is 0 Å². The number of nitrogens with two attached hydrogens (primary N) is 1. The van der Waals surface area contributed by atoms with Gasteiger partial charge < -0.3 is 5.73 Å². The lowest BCUT2D eigenvalue weighted by Gasteiger charge is -2.16. The Morgan fingerprint density at radius 3 is 2.62 bits per heavy atom. The van der Waals surface area contributed by atoms with Crippen LogP contribution in [0.3, 0.4) is 0 Å². The quantitative estimate of drug-likeness (QED) is 0.890. The second-order valence-corrected chi connectivity index (χ2v) is 6.16. The summed E-state index contributed by atoms with van der Waals surface area (Å²) in [7, 11) is 0. The standard InChI is InChI=1S/C15H20N4OS/c1-4-10(3)12(16)13(20)17-15-19-18-14(21-15)11-7-5-9(2)6-8-11/h5-8,10,12H,4,16H2,1-3H3,(H,17,19,20). The first-order chi connectivity index (χ1) is 10.0. The molecule has 2 aromatic rings. The number of hydrogen-bond acceptors (Lipinski definition) is 5. The fourth-order valence-corrected chi connectivity index (χ4v) is 2.54. The Morgan fingerprint density at radius 1 is 1.33 bits per heavy atom. The molecule has 0 saturated heterocycles. The van der Waals surface area contributed by atoms with E-state index in [0.717, 1.165) is 17.0 Å². The molecule has 0 fully saturated rings. The summed E-state index contributed by atoms with van der Waals surface area (Å²) in [6.07, 6.45) is 0.860. The van der Waals surface area contributed by atoms with E-state index in [1.807, 2.05) is 45.0 Å². The van der Waals surface area contributed by atoms with E-state index in [0.29, 0.717) is 5.13 Å². The lowest BCUT2D eigenvalue weighted by molar-refractivity contribution is -0.118. The first kappa shape index (κ1) is 15.6. The summed E-state index contributed by atoms with van der Waals surface area (Å²) in [4.78, 5) is 12.0. The summed E-state index contributed by atoms with van der Waals surface area (Å²) >= 11 is 1.35. The highest BCUT2D eigenvalue weighted by Crippen LogP contribution is 2.26. The Kier molecular flexibility index (Phi) is 5.03. The number of benzene rings is 1. The van der Waals surface area contributed by atoms with E-state index in [1.165, 1.54) is 16.9 Å². The highest BCUT2D eigenvalue weighted by Gasteiger charge is 2.20. The fraction of sp³-hybridized carbons (Fsp3) is 0.400.